The minimum Gasteiger partial charge on any atom is -0.456 e. The SMILES string of the molecule is C=C1C=C(c2ccccc2)N(C)c2cc3c(cc21)B1c2c(ccc4c5cc6oc7ccccc7c6cc5n-3c24)-c2cc3c(cc2N1c1ccc(C(C)(C)C)cc1)oc1ccc(C(C)(C)C)cc13. The zero-order valence-electron chi connectivity index (χ0n) is 38.9. The highest BCUT2D eigenvalue weighted by Crippen LogP contribution is 2.50. The molecule has 0 bridgehead atoms. The van der Waals surface area contributed by atoms with Crippen LogP contribution in [0.3, 0.4) is 0 Å². The van der Waals surface area contributed by atoms with E-state index in [-0.39, 0.29) is 17.7 Å². The maximum Gasteiger partial charge on any atom is 0.333 e. The fraction of sp³-hybridized carbons (Fsp3) is 0.148. The van der Waals surface area contributed by atoms with Crippen molar-refractivity contribution in [2.75, 3.05) is 16.8 Å². The van der Waals surface area contributed by atoms with Crippen LogP contribution in [0.15, 0.2) is 167 Å². The third kappa shape index (κ3) is 5.27. The van der Waals surface area contributed by atoms with Gasteiger partial charge in [0.25, 0.3) is 0 Å². The van der Waals surface area contributed by atoms with Gasteiger partial charge in [-0.2, -0.15) is 0 Å². The molecule has 3 aliphatic rings. The number of benzene rings is 8. The molecule has 322 valence electrons. The summed E-state index contributed by atoms with van der Waals surface area (Å²) in [5.41, 5.74) is 22.5. The van der Waals surface area contributed by atoms with Gasteiger partial charge in [-0.15, -0.1) is 0 Å². The molecule has 3 aromatic heterocycles. The van der Waals surface area contributed by atoms with Crippen molar-refractivity contribution in [1.29, 1.82) is 0 Å². The van der Waals surface area contributed by atoms with Gasteiger partial charge >= 0.3 is 6.85 Å². The molecule has 67 heavy (non-hydrogen) atoms. The monoisotopic (exact) mass is 865 g/mol. The van der Waals surface area contributed by atoms with Crippen molar-refractivity contribution < 1.29 is 8.83 Å². The summed E-state index contributed by atoms with van der Waals surface area (Å²) in [5.74, 6) is 0. The van der Waals surface area contributed by atoms with Crippen LogP contribution in [0.1, 0.15) is 63.8 Å². The molecule has 0 atom stereocenters. The van der Waals surface area contributed by atoms with Gasteiger partial charge in [-0.3, -0.25) is 0 Å². The summed E-state index contributed by atoms with van der Waals surface area (Å²) >= 11 is 0. The number of hydrogen-bond donors (Lipinski definition) is 0. The Bertz CT molecular complexity index is 4040. The first-order chi connectivity index (χ1) is 32.3. The van der Waals surface area contributed by atoms with Crippen molar-refractivity contribution in [2.24, 2.45) is 0 Å². The summed E-state index contributed by atoms with van der Waals surface area (Å²) in [5, 5.41) is 6.91. The Morgan fingerprint density at radius 1 is 0.507 bits per heavy atom. The van der Waals surface area contributed by atoms with Crippen molar-refractivity contribution in [3.05, 3.63) is 181 Å². The Hall–Kier alpha value is -7.70. The van der Waals surface area contributed by atoms with Crippen LogP contribution in [-0.2, 0) is 10.8 Å². The standard InChI is InChI=1S/C61H48BN3O2/c1-34-26-49(35-14-10-9-11-15-35)63(8)50-32-53-48(29-42(34)50)62-58-40(23-24-41-44-31-56-47(30-51(44)64(53)59(41)58)39-16-12-13-17-54(39)66-56)43-28-46-45-27-37(61(5,6)7)20-25-55(45)67-57(46)33-52(43)65(62)38-21-18-36(19-22-38)60(2,3)4/h9-33H,1H2,2-8H3. The number of furan rings is 2. The zero-order valence-corrected chi connectivity index (χ0v) is 38.9. The number of hydrogen-bond acceptors (Lipinski definition) is 4. The normalized spacial score (nSPS) is 14.5. The van der Waals surface area contributed by atoms with E-state index in [4.69, 9.17) is 15.4 Å². The number of rotatable bonds is 2. The van der Waals surface area contributed by atoms with E-state index < -0.39 is 0 Å². The summed E-state index contributed by atoms with van der Waals surface area (Å²) in [6.45, 7) is 18.3. The number of fused-ring (bicyclic) bond motifs is 15. The van der Waals surface area contributed by atoms with Crippen LogP contribution in [0.4, 0.5) is 17.1 Å². The molecule has 0 aliphatic carbocycles. The molecule has 0 N–H and O–H groups in total. The van der Waals surface area contributed by atoms with Crippen molar-refractivity contribution in [3.8, 4) is 16.8 Å². The molecular formula is C61H48BN3O2. The molecule has 3 aliphatic heterocycles. The first-order valence-corrected chi connectivity index (χ1v) is 23.5. The number of aromatic nitrogens is 1. The first-order valence-electron chi connectivity index (χ1n) is 23.5. The molecule has 8 aromatic carbocycles. The number of para-hydroxylation sites is 1. The lowest BCUT2D eigenvalue weighted by Gasteiger charge is -2.43. The van der Waals surface area contributed by atoms with Gasteiger partial charge in [-0.25, -0.2) is 0 Å². The zero-order chi connectivity index (χ0) is 45.4. The minimum atomic E-state index is -0.181. The molecule has 0 spiro atoms. The van der Waals surface area contributed by atoms with E-state index in [2.05, 4.69) is 215 Å². The molecule has 6 heterocycles. The van der Waals surface area contributed by atoms with Gasteiger partial charge in [0.15, 0.2) is 0 Å². The van der Waals surface area contributed by atoms with Crippen molar-refractivity contribution in [2.45, 2.75) is 52.4 Å². The van der Waals surface area contributed by atoms with Gasteiger partial charge in [0.1, 0.15) is 22.3 Å². The lowest BCUT2D eigenvalue weighted by atomic mass is 9.43. The summed E-state index contributed by atoms with van der Waals surface area (Å²) < 4.78 is 16.0. The quantitative estimate of drug-likeness (QED) is 0.162. The number of nitrogens with zero attached hydrogens (tertiary/aromatic N) is 3. The second kappa shape index (κ2) is 13.0. The predicted octanol–water partition coefficient (Wildman–Crippen LogP) is 14.9. The molecule has 6 heteroatoms. The van der Waals surface area contributed by atoms with E-state index >= 15 is 0 Å². The Morgan fingerprint density at radius 2 is 1.19 bits per heavy atom. The van der Waals surface area contributed by atoms with E-state index in [9.17, 15) is 0 Å². The van der Waals surface area contributed by atoms with Crippen LogP contribution in [0.5, 0.6) is 0 Å². The van der Waals surface area contributed by atoms with Crippen LogP contribution in [0.25, 0.3) is 93.8 Å². The predicted molar refractivity (Wildman–Crippen MR) is 284 cm³/mol. The Labute approximate surface area is 389 Å². The van der Waals surface area contributed by atoms with Gasteiger partial charge < -0.3 is 23.1 Å². The van der Waals surface area contributed by atoms with Gasteiger partial charge in [0.2, 0.25) is 0 Å². The summed E-state index contributed by atoms with van der Waals surface area (Å²) in [4.78, 5) is 4.95. The smallest absolute Gasteiger partial charge is 0.333 e. The maximum atomic E-state index is 6.83. The van der Waals surface area contributed by atoms with E-state index in [1.807, 2.05) is 0 Å². The highest BCUT2D eigenvalue weighted by atomic mass is 16.3. The van der Waals surface area contributed by atoms with Gasteiger partial charge in [-0.1, -0.05) is 133 Å². The average molecular weight is 866 g/mol. The van der Waals surface area contributed by atoms with E-state index in [1.165, 1.54) is 49.5 Å². The fourth-order valence-corrected chi connectivity index (χ4v) is 11.7. The van der Waals surface area contributed by atoms with E-state index in [1.54, 1.807) is 0 Å². The number of allylic oxidation sites excluding steroid dienone is 2. The average Bonchev–Trinajstić information content (AvgIpc) is 3.98. The molecule has 0 unspecified atom stereocenters. The molecular weight excluding hydrogens is 818 g/mol. The van der Waals surface area contributed by atoms with E-state index in [0.717, 1.165) is 94.5 Å². The highest BCUT2D eigenvalue weighted by molar-refractivity contribution is 6.93. The molecule has 11 aromatic rings. The molecule has 0 fully saturated rings. The second-order valence-electron chi connectivity index (χ2n) is 21.1. The minimum absolute atomic E-state index is 0.00320. The van der Waals surface area contributed by atoms with Crippen LogP contribution in [0.2, 0.25) is 0 Å². The first kappa shape index (κ1) is 38.6. The Morgan fingerprint density at radius 3 is 1.97 bits per heavy atom. The summed E-state index contributed by atoms with van der Waals surface area (Å²) in [6, 6.07) is 54.1. The molecule has 5 nitrogen and oxygen atoms in total. The topological polar surface area (TPSA) is 37.7 Å². The molecule has 0 saturated carbocycles. The molecule has 14 rings (SSSR count). The molecule has 0 amide bonds. The van der Waals surface area contributed by atoms with E-state index in [0.29, 0.717) is 0 Å². The highest BCUT2D eigenvalue weighted by Gasteiger charge is 2.45. The van der Waals surface area contributed by atoms with Crippen molar-refractivity contribution in [3.63, 3.8) is 0 Å². The molecule has 0 radical (unpaired) electrons. The second-order valence-corrected chi connectivity index (χ2v) is 21.1. The lowest BCUT2D eigenvalue weighted by molar-refractivity contribution is 0.590. The van der Waals surface area contributed by atoms with Gasteiger partial charge in [0.05, 0.1) is 16.7 Å². The third-order valence-corrected chi connectivity index (χ3v) is 15.1. The van der Waals surface area contributed by atoms with Crippen LogP contribution in [0, 0.1) is 0 Å². The van der Waals surface area contributed by atoms with Crippen LogP contribution >= 0.6 is 0 Å². The van der Waals surface area contributed by atoms with Gasteiger partial charge in [0, 0.05) is 79.3 Å². The number of anilines is 3. The van der Waals surface area contributed by atoms with Gasteiger partial charge in [-0.05, 0) is 110 Å². The maximum absolute atomic E-state index is 6.83. The Balaban J connectivity index is 1.12. The third-order valence-electron chi connectivity index (χ3n) is 15.1. The lowest BCUT2D eigenvalue weighted by Crippen LogP contribution is -2.60. The summed E-state index contributed by atoms with van der Waals surface area (Å²) in [6.07, 6.45) is 2.25. The van der Waals surface area contributed by atoms with Crippen molar-refractivity contribution in [1.82, 2.24) is 4.57 Å². The largest absolute Gasteiger partial charge is 0.456 e. The van der Waals surface area contributed by atoms with Crippen LogP contribution in [-0.4, -0.2) is 18.5 Å². The van der Waals surface area contributed by atoms with Crippen molar-refractivity contribution >= 4 is 112 Å². The van der Waals surface area contributed by atoms with Crippen LogP contribution < -0.4 is 20.6 Å². The summed E-state index contributed by atoms with van der Waals surface area (Å²) in [7, 11) is 2.19. The Kier molecular flexibility index (Phi) is 7.49. The fourth-order valence-electron chi connectivity index (χ4n) is 11.7. The molecule has 0 saturated heterocycles.